The largest absolute Gasteiger partial charge is 0.507 e. The molecule has 7 heteroatoms. The van der Waals surface area contributed by atoms with E-state index in [1.807, 2.05) is 0 Å². The summed E-state index contributed by atoms with van der Waals surface area (Å²) in [6.45, 7) is 0. The summed E-state index contributed by atoms with van der Waals surface area (Å²) in [5.41, 5.74) is 0.471. The predicted molar refractivity (Wildman–Crippen MR) is 91.7 cm³/mol. The molecule has 3 aliphatic carbocycles. The van der Waals surface area contributed by atoms with Crippen LogP contribution >= 0.6 is 15.9 Å². The van der Waals surface area contributed by atoms with E-state index >= 15 is 0 Å². The highest BCUT2D eigenvalue weighted by atomic mass is 79.9. The first-order chi connectivity index (χ1) is 11.9. The van der Waals surface area contributed by atoms with Crippen molar-refractivity contribution in [3.05, 3.63) is 34.3 Å². The Bertz CT molecular complexity index is 855. The van der Waals surface area contributed by atoms with Crippen LogP contribution in [0.4, 0.5) is 0 Å². The number of benzene rings is 1. The van der Waals surface area contributed by atoms with E-state index in [0.29, 0.717) is 10.0 Å². The van der Waals surface area contributed by atoms with Crippen molar-refractivity contribution in [2.24, 2.45) is 34.2 Å². The molecule has 4 atom stereocenters. The van der Waals surface area contributed by atoms with Gasteiger partial charge in [-0.25, -0.2) is 0 Å². The number of nitrogens with zero attached hydrogens (tertiary/aromatic N) is 2. The first-order valence-corrected chi connectivity index (χ1v) is 9.05. The van der Waals surface area contributed by atoms with Gasteiger partial charge in [-0.2, -0.15) is 10.1 Å². The Morgan fingerprint density at radius 1 is 1.08 bits per heavy atom. The van der Waals surface area contributed by atoms with Gasteiger partial charge in [0.15, 0.2) is 0 Å². The second kappa shape index (κ2) is 4.72. The number of allylic oxidation sites excluding steroid dienone is 2. The molecule has 1 spiro atoms. The zero-order valence-corrected chi connectivity index (χ0v) is 14.7. The number of carbonyl (C=O) groups excluding carboxylic acids is 2. The molecule has 128 valence electrons. The van der Waals surface area contributed by atoms with Crippen molar-refractivity contribution in [2.75, 3.05) is 0 Å². The molecule has 0 aromatic heterocycles. The lowest BCUT2D eigenvalue weighted by atomic mass is 9.85. The molecular formula is C18H15BrN2O4. The minimum absolute atomic E-state index is 0.102. The summed E-state index contributed by atoms with van der Waals surface area (Å²) >= 11 is 3.16. The van der Waals surface area contributed by atoms with Crippen LogP contribution in [0.1, 0.15) is 18.4 Å². The van der Waals surface area contributed by atoms with E-state index in [1.165, 1.54) is 18.3 Å². The van der Waals surface area contributed by atoms with Crippen LogP contribution in [0.5, 0.6) is 11.5 Å². The van der Waals surface area contributed by atoms with Crippen molar-refractivity contribution >= 4 is 34.0 Å². The maximum absolute atomic E-state index is 12.8. The first-order valence-electron chi connectivity index (χ1n) is 8.26. The number of phenolic OH excluding ortho intramolecular Hbond substituents is 2. The number of phenols is 2. The fourth-order valence-electron chi connectivity index (χ4n) is 4.97. The summed E-state index contributed by atoms with van der Waals surface area (Å²) in [6.07, 6.45) is 7.70. The van der Waals surface area contributed by atoms with Crippen LogP contribution in [-0.2, 0) is 9.59 Å². The highest BCUT2D eigenvalue weighted by molar-refractivity contribution is 9.10. The van der Waals surface area contributed by atoms with Crippen molar-refractivity contribution in [2.45, 2.75) is 12.8 Å². The third-order valence-electron chi connectivity index (χ3n) is 6.24. The number of hydrogen-bond acceptors (Lipinski definition) is 5. The van der Waals surface area contributed by atoms with E-state index in [9.17, 15) is 19.8 Å². The van der Waals surface area contributed by atoms with Gasteiger partial charge in [-0.05, 0) is 52.1 Å². The Morgan fingerprint density at radius 2 is 1.68 bits per heavy atom. The van der Waals surface area contributed by atoms with Crippen LogP contribution in [0, 0.1) is 29.1 Å². The van der Waals surface area contributed by atoms with Gasteiger partial charge in [0, 0.05) is 11.6 Å². The molecule has 1 saturated heterocycles. The molecule has 4 unspecified atom stereocenters. The van der Waals surface area contributed by atoms with Gasteiger partial charge in [0.2, 0.25) is 0 Å². The second-order valence-electron chi connectivity index (χ2n) is 7.32. The molecule has 4 aliphatic rings. The fraction of sp³-hybridized carbons (Fsp3) is 0.389. The number of hydrazone groups is 1. The average molecular weight is 403 g/mol. The smallest absolute Gasteiger partial charge is 0.254 e. The number of rotatable bonds is 2. The van der Waals surface area contributed by atoms with Crippen LogP contribution < -0.4 is 0 Å². The SMILES string of the molecule is O=C1C2C(C(=O)N1N=Cc1cc(Br)c(O)cc1O)C1C=CC2C12CC2. The zero-order chi connectivity index (χ0) is 17.5. The number of imide groups is 1. The number of amides is 2. The van der Waals surface area contributed by atoms with E-state index in [2.05, 4.69) is 33.2 Å². The monoisotopic (exact) mass is 402 g/mol. The van der Waals surface area contributed by atoms with Gasteiger partial charge in [0.1, 0.15) is 11.5 Å². The Hall–Kier alpha value is -2.15. The third kappa shape index (κ3) is 1.82. The minimum Gasteiger partial charge on any atom is -0.507 e. The summed E-state index contributed by atoms with van der Waals surface area (Å²) in [7, 11) is 0. The molecule has 5 rings (SSSR count). The van der Waals surface area contributed by atoms with E-state index in [1.54, 1.807) is 0 Å². The molecule has 1 heterocycles. The maximum Gasteiger partial charge on any atom is 0.254 e. The van der Waals surface area contributed by atoms with Gasteiger partial charge < -0.3 is 10.2 Å². The van der Waals surface area contributed by atoms with Crippen molar-refractivity contribution < 1.29 is 19.8 Å². The van der Waals surface area contributed by atoms with E-state index in [-0.39, 0.29) is 52.4 Å². The third-order valence-corrected chi connectivity index (χ3v) is 6.87. The number of carbonyl (C=O) groups is 2. The molecule has 1 aliphatic heterocycles. The number of halogens is 1. The van der Waals surface area contributed by atoms with Crippen LogP contribution in [0.3, 0.4) is 0 Å². The molecule has 0 radical (unpaired) electrons. The van der Waals surface area contributed by atoms with E-state index in [4.69, 9.17) is 0 Å². The fourth-order valence-corrected chi connectivity index (χ4v) is 5.33. The standard InChI is InChI=1S/C18H15BrN2O4/c19-11-5-8(12(22)6-13(11)23)7-20-21-16(24)14-9-1-2-10(15(14)17(21)25)18(9)3-4-18/h1-2,5-7,9-10,14-15,22-23H,3-4H2. The molecular weight excluding hydrogens is 388 g/mol. The Labute approximate surface area is 152 Å². The molecule has 2 bridgehead atoms. The van der Waals surface area contributed by atoms with Gasteiger partial charge >= 0.3 is 0 Å². The molecule has 6 nitrogen and oxygen atoms in total. The maximum atomic E-state index is 12.8. The normalized spacial score (nSPS) is 33.9. The van der Waals surface area contributed by atoms with Crippen molar-refractivity contribution in [1.29, 1.82) is 0 Å². The quantitative estimate of drug-likeness (QED) is 0.451. The number of fused-ring (bicyclic) bond motifs is 3. The molecule has 1 aromatic rings. The lowest BCUT2D eigenvalue weighted by Gasteiger charge is -2.18. The zero-order valence-electron chi connectivity index (χ0n) is 13.1. The van der Waals surface area contributed by atoms with E-state index in [0.717, 1.165) is 17.9 Å². The lowest BCUT2D eigenvalue weighted by molar-refractivity contribution is -0.141. The van der Waals surface area contributed by atoms with Gasteiger partial charge in [-0.15, -0.1) is 0 Å². The topological polar surface area (TPSA) is 90.2 Å². The highest BCUT2D eigenvalue weighted by Crippen LogP contribution is 2.73. The molecule has 2 saturated carbocycles. The average Bonchev–Trinajstić information content (AvgIpc) is 3.17. The molecule has 3 fully saturated rings. The van der Waals surface area contributed by atoms with Gasteiger partial charge in [0.25, 0.3) is 11.8 Å². The highest BCUT2D eigenvalue weighted by Gasteiger charge is 2.73. The predicted octanol–water partition coefficient (Wildman–Crippen LogP) is 2.39. The first kappa shape index (κ1) is 15.1. The van der Waals surface area contributed by atoms with Gasteiger partial charge in [-0.3, -0.25) is 9.59 Å². The summed E-state index contributed by atoms with van der Waals surface area (Å²) in [6, 6.07) is 2.65. The van der Waals surface area contributed by atoms with Crippen LogP contribution in [0.15, 0.2) is 33.9 Å². The molecule has 1 aromatic carbocycles. The van der Waals surface area contributed by atoms with Crippen molar-refractivity contribution in [3.8, 4) is 11.5 Å². The summed E-state index contributed by atoms with van der Waals surface area (Å²) in [4.78, 5) is 25.6. The molecule has 2 amide bonds. The van der Waals surface area contributed by atoms with E-state index < -0.39 is 0 Å². The molecule has 2 N–H and O–H groups in total. The van der Waals surface area contributed by atoms with Crippen molar-refractivity contribution in [3.63, 3.8) is 0 Å². The number of aromatic hydroxyl groups is 2. The summed E-state index contributed by atoms with van der Waals surface area (Å²) in [5, 5.41) is 24.4. The lowest BCUT2D eigenvalue weighted by Crippen LogP contribution is -2.30. The van der Waals surface area contributed by atoms with Crippen molar-refractivity contribution in [1.82, 2.24) is 5.01 Å². The van der Waals surface area contributed by atoms with Gasteiger partial charge in [-0.1, -0.05) is 12.2 Å². The van der Waals surface area contributed by atoms with Crippen LogP contribution in [-0.4, -0.2) is 33.3 Å². The Balaban J connectivity index is 1.45. The summed E-state index contributed by atoms with van der Waals surface area (Å²) in [5.74, 6) is -1.02. The Kier molecular flexibility index (Phi) is 2.86. The minimum atomic E-state index is -0.290. The Morgan fingerprint density at radius 3 is 2.24 bits per heavy atom. The second-order valence-corrected chi connectivity index (χ2v) is 8.17. The molecule has 25 heavy (non-hydrogen) atoms. The van der Waals surface area contributed by atoms with Gasteiger partial charge in [0.05, 0.1) is 22.5 Å². The number of hydrogen-bond donors (Lipinski definition) is 2. The van der Waals surface area contributed by atoms with Crippen LogP contribution in [0.25, 0.3) is 0 Å². The van der Waals surface area contributed by atoms with Crippen LogP contribution in [0.2, 0.25) is 0 Å². The summed E-state index contributed by atoms with van der Waals surface area (Å²) < 4.78 is 0.389.